The van der Waals surface area contributed by atoms with Gasteiger partial charge in [0, 0.05) is 18.7 Å². The van der Waals surface area contributed by atoms with Crippen molar-refractivity contribution in [3.8, 4) is 0 Å². The first kappa shape index (κ1) is 18.6. The van der Waals surface area contributed by atoms with E-state index < -0.39 is 10.0 Å². The molecule has 8 heteroatoms. The van der Waals surface area contributed by atoms with E-state index >= 15 is 0 Å². The maximum atomic E-state index is 12.9. The highest BCUT2D eigenvalue weighted by atomic mass is 32.2. The van der Waals surface area contributed by atoms with Crippen LogP contribution in [0.5, 0.6) is 0 Å². The number of furan rings is 1. The Bertz CT molecular complexity index is 853. The number of nitrogens with one attached hydrogen (secondary N) is 1. The molecule has 0 bridgehead atoms. The lowest BCUT2D eigenvalue weighted by Gasteiger charge is -2.34. The SMILES string of the molecule is C[C@H]1CN(S(=O)(=O)c2cccc(C(=O)NCc3ccco3)c2)C[C@H](C)O1. The first-order valence-electron chi connectivity index (χ1n) is 8.42. The number of rotatable bonds is 5. The number of hydrogen-bond donors (Lipinski definition) is 1. The average molecular weight is 378 g/mol. The van der Waals surface area contributed by atoms with Gasteiger partial charge in [-0.25, -0.2) is 8.42 Å². The van der Waals surface area contributed by atoms with Crippen LogP contribution in [0.15, 0.2) is 52.0 Å². The van der Waals surface area contributed by atoms with Crippen LogP contribution in [0.4, 0.5) is 0 Å². The molecule has 1 amide bonds. The number of hydrogen-bond acceptors (Lipinski definition) is 5. The van der Waals surface area contributed by atoms with E-state index in [2.05, 4.69) is 5.32 Å². The van der Waals surface area contributed by atoms with Crippen LogP contribution in [0, 0.1) is 0 Å². The third kappa shape index (κ3) is 4.14. The maximum absolute atomic E-state index is 12.9. The molecule has 0 aliphatic carbocycles. The zero-order valence-corrected chi connectivity index (χ0v) is 15.5. The van der Waals surface area contributed by atoms with Crippen molar-refractivity contribution in [1.82, 2.24) is 9.62 Å². The highest BCUT2D eigenvalue weighted by molar-refractivity contribution is 7.89. The van der Waals surface area contributed by atoms with E-state index in [0.717, 1.165) is 0 Å². The molecule has 1 saturated heterocycles. The van der Waals surface area contributed by atoms with E-state index in [1.165, 1.54) is 22.7 Å². The van der Waals surface area contributed by atoms with E-state index in [4.69, 9.17) is 9.15 Å². The minimum absolute atomic E-state index is 0.101. The first-order valence-corrected chi connectivity index (χ1v) is 9.86. The second-order valence-electron chi connectivity index (χ2n) is 6.37. The third-order valence-electron chi connectivity index (χ3n) is 4.12. The van der Waals surface area contributed by atoms with Gasteiger partial charge in [0.15, 0.2) is 0 Å². The fraction of sp³-hybridized carbons (Fsp3) is 0.389. The Labute approximate surface area is 153 Å². The van der Waals surface area contributed by atoms with Crippen molar-refractivity contribution in [2.45, 2.75) is 37.5 Å². The lowest BCUT2D eigenvalue weighted by molar-refractivity contribution is -0.0440. The van der Waals surface area contributed by atoms with Gasteiger partial charge in [0.05, 0.1) is 29.9 Å². The summed E-state index contributed by atoms with van der Waals surface area (Å²) in [6.07, 6.45) is 1.18. The van der Waals surface area contributed by atoms with Gasteiger partial charge in [0.25, 0.3) is 5.91 Å². The summed E-state index contributed by atoms with van der Waals surface area (Å²) in [5.41, 5.74) is 0.284. The quantitative estimate of drug-likeness (QED) is 0.860. The van der Waals surface area contributed by atoms with Gasteiger partial charge in [-0.15, -0.1) is 0 Å². The number of benzene rings is 1. The Kier molecular flexibility index (Phi) is 5.45. The molecule has 1 aromatic carbocycles. The van der Waals surface area contributed by atoms with Crippen LogP contribution in [0.2, 0.25) is 0 Å². The third-order valence-corrected chi connectivity index (χ3v) is 5.95. The Morgan fingerprint density at radius 3 is 2.58 bits per heavy atom. The summed E-state index contributed by atoms with van der Waals surface area (Å²) in [4.78, 5) is 12.4. The van der Waals surface area contributed by atoms with Crippen LogP contribution in [0.25, 0.3) is 0 Å². The lowest BCUT2D eigenvalue weighted by atomic mass is 10.2. The zero-order valence-electron chi connectivity index (χ0n) is 14.7. The van der Waals surface area contributed by atoms with Crippen molar-refractivity contribution in [1.29, 1.82) is 0 Å². The topological polar surface area (TPSA) is 88.9 Å². The number of carbonyl (C=O) groups excluding carboxylic acids is 1. The minimum atomic E-state index is -3.69. The van der Waals surface area contributed by atoms with Gasteiger partial charge in [-0.2, -0.15) is 4.31 Å². The molecule has 3 rings (SSSR count). The number of morpholine rings is 1. The molecule has 26 heavy (non-hydrogen) atoms. The molecule has 1 aliphatic rings. The van der Waals surface area contributed by atoms with Gasteiger partial charge >= 0.3 is 0 Å². The number of sulfonamides is 1. The fourth-order valence-corrected chi connectivity index (χ4v) is 4.59. The Balaban J connectivity index is 1.76. The summed E-state index contributed by atoms with van der Waals surface area (Å²) in [5.74, 6) is 0.264. The van der Waals surface area contributed by atoms with Crippen molar-refractivity contribution in [3.63, 3.8) is 0 Å². The summed E-state index contributed by atoms with van der Waals surface area (Å²) < 4.78 is 38.0. The normalized spacial score (nSPS) is 21.5. The predicted molar refractivity (Wildman–Crippen MR) is 95.1 cm³/mol. The van der Waals surface area contributed by atoms with Crippen LogP contribution in [-0.4, -0.2) is 43.9 Å². The van der Waals surface area contributed by atoms with E-state index in [0.29, 0.717) is 18.8 Å². The Morgan fingerprint density at radius 2 is 1.92 bits per heavy atom. The first-order chi connectivity index (χ1) is 12.4. The molecule has 140 valence electrons. The number of carbonyl (C=O) groups is 1. The summed E-state index contributed by atoms with van der Waals surface area (Å²) in [7, 11) is -3.69. The maximum Gasteiger partial charge on any atom is 0.251 e. The lowest BCUT2D eigenvalue weighted by Crippen LogP contribution is -2.48. The van der Waals surface area contributed by atoms with E-state index in [1.807, 2.05) is 13.8 Å². The molecule has 0 unspecified atom stereocenters. The highest BCUT2D eigenvalue weighted by Crippen LogP contribution is 2.22. The largest absolute Gasteiger partial charge is 0.467 e. The fourth-order valence-electron chi connectivity index (χ4n) is 2.96. The smallest absolute Gasteiger partial charge is 0.251 e. The molecule has 0 spiro atoms. The molecule has 1 N–H and O–H groups in total. The zero-order chi connectivity index (χ0) is 18.7. The second kappa shape index (κ2) is 7.61. The average Bonchev–Trinajstić information content (AvgIpc) is 3.12. The van der Waals surface area contributed by atoms with E-state index in [1.54, 1.807) is 24.3 Å². The van der Waals surface area contributed by atoms with Gasteiger partial charge in [-0.05, 0) is 44.2 Å². The molecule has 2 aromatic rings. The van der Waals surface area contributed by atoms with E-state index in [9.17, 15) is 13.2 Å². The van der Waals surface area contributed by atoms with Crippen LogP contribution in [0.1, 0.15) is 30.0 Å². The molecular formula is C18H22N2O5S. The van der Waals surface area contributed by atoms with Crippen molar-refractivity contribution < 1.29 is 22.4 Å². The summed E-state index contributed by atoms with van der Waals surface area (Å²) in [5, 5.41) is 2.71. The molecule has 1 aliphatic heterocycles. The standard InChI is InChI=1S/C18H22N2O5S/c1-13-11-20(12-14(2)25-13)26(22,23)17-7-3-5-15(9-17)18(21)19-10-16-6-4-8-24-16/h3-9,13-14H,10-12H2,1-2H3,(H,19,21)/t13-,14-/m0/s1. The summed E-state index contributed by atoms with van der Waals surface area (Å²) >= 11 is 0. The highest BCUT2D eigenvalue weighted by Gasteiger charge is 2.32. The van der Waals surface area contributed by atoms with Crippen LogP contribution < -0.4 is 5.32 Å². The van der Waals surface area contributed by atoms with Crippen LogP contribution >= 0.6 is 0 Å². The minimum Gasteiger partial charge on any atom is -0.467 e. The Morgan fingerprint density at radius 1 is 1.19 bits per heavy atom. The molecule has 1 aromatic heterocycles. The summed E-state index contributed by atoms with van der Waals surface area (Å²) in [6, 6.07) is 9.55. The monoisotopic (exact) mass is 378 g/mol. The van der Waals surface area contributed by atoms with E-state index in [-0.39, 0.29) is 35.1 Å². The van der Waals surface area contributed by atoms with Gasteiger partial charge in [0.2, 0.25) is 10.0 Å². The predicted octanol–water partition coefficient (Wildman–Crippen LogP) is 2.01. The molecule has 0 saturated carbocycles. The van der Waals surface area contributed by atoms with Gasteiger partial charge < -0.3 is 14.5 Å². The second-order valence-corrected chi connectivity index (χ2v) is 8.31. The van der Waals surface area contributed by atoms with Crippen LogP contribution in [-0.2, 0) is 21.3 Å². The van der Waals surface area contributed by atoms with Crippen LogP contribution in [0.3, 0.4) is 0 Å². The molecule has 0 radical (unpaired) electrons. The van der Waals surface area contributed by atoms with Crippen molar-refractivity contribution in [3.05, 3.63) is 54.0 Å². The molecule has 1 fully saturated rings. The van der Waals surface area contributed by atoms with Gasteiger partial charge in [-0.3, -0.25) is 4.79 Å². The van der Waals surface area contributed by atoms with Gasteiger partial charge in [-0.1, -0.05) is 6.07 Å². The molecule has 2 atom stereocenters. The molecular weight excluding hydrogens is 356 g/mol. The van der Waals surface area contributed by atoms with Crippen molar-refractivity contribution in [2.24, 2.45) is 0 Å². The summed E-state index contributed by atoms with van der Waals surface area (Å²) in [6.45, 7) is 4.51. The molecule has 2 heterocycles. The van der Waals surface area contributed by atoms with Crippen molar-refractivity contribution >= 4 is 15.9 Å². The van der Waals surface area contributed by atoms with Gasteiger partial charge in [0.1, 0.15) is 5.76 Å². The number of amides is 1. The number of nitrogens with zero attached hydrogens (tertiary/aromatic N) is 1. The number of ether oxygens (including phenoxy) is 1. The molecule has 7 nitrogen and oxygen atoms in total. The Hall–Kier alpha value is -2.16. The van der Waals surface area contributed by atoms with Crippen molar-refractivity contribution in [2.75, 3.05) is 13.1 Å².